The lowest BCUT2D eigenvalue weighted by Crippen LogP contribution is -2.31. The lowest BCUT2D eigenvalue weighted by molar-refractivity contribution is -0.189. The molecule has 2 heterocycles. The van der Waals surface area contributed by atoms with Crippen molar-refractivity contribution < 1.29 is 35.3 Å². The number of pyridine rings is 1. The molecule has 0 saturated carbocycles. The van der Waals surface area contributed by atoms with Gasteiger partial charge in [-0.25, -0.2) is 0 Å². The Balaban J connectivity index is 2.02. The molecule has 180 valence electrons. The van der Waals surface area contributed by atoms with E-state index in [-0.39, 0.29) is 28.5 Å². The molecule has 33 heavy (non-hydrogen) atoms. The normalized spacial score (nSPS) is 19.1. The number of hydrogen-bond donors (Lipinski definition) is 0. The summed E-state index contributed by atoms with van der Waals surface area (Å²) in [6, 6.07) is 4.43. The Bertz CT molecular complexity index is 1190. The maximum Gasteiger partial charge on any atom is 0.425 e. The van der Waals surface area contributed by atoms with Crippen molar-refractivity contribution in [1.29, 1.82) is 0 Å². The minimum absolute atomic E-state index is 0.0951. The third-order valence-corrected chi connectivity index (χ3v) is 6.69. The van der Waals surface area contributed by atoms with E-state index in [0.29, 0.717) is 11.3 Å². The summed E-state index contributed by atoms with van der Waals surface area (Å²) >= 11 is 0. The van der Waals surface area contributed by atoms with Crippen LogP contribution in [0.1, 0.15) is 42.3 Å². The van der Waals surface area contributed by atoms with Crippen molar-refractivity contribution in [2.45, 2.75) is 49.8 Å². The van der Waals surface area contributed by atoms with Crippen LogP contribution in [0.4, 0.5) is 26.3 Å². The molecule has 3 unspecified atom stereocenters. The molecule has 3 atom stereocenters. The van der Waals surface area contributed by atoms with E-state index in [1.807, 2.05) is 0 Å². The zero-order chi connectivity index (χ0) is 24.9. The summed E-state index contributed by atoms with van der Waals surface area (Å²) in [6.07, 6.45) is -9.20. The van der Waals surface area contributed by atoms with E-state index < -0.39 is 39.6 Å². The van der Waals surface area contributed by atoms with Crippen molar-refractivity contribution in [3.8, 4) is 5.75 Å². The van der Waals surface area contributed by atoms with Gasteiger partial charge in [0.15, 0.2) is 6.10 Å². The maximum atomic E-state index is 13.1. The fourth-order valence-corrected chi connectivity index (χ4v) is 4.20. The molecule has 0 aliphatic carbocycles. The number of hydrogen-bond acceptors (Lipinski definition) is 4. The van der Waals surface area contributed by atoms with E-state index in [1.165, 1.54) is 24.5 Å². The standard InChI is InChI=1S/C22H22F6N2O2S/c1-12-17-8-15(22(26,27)28)10-29-19(17)11-30(12)13(2)18-9-16(33(4,5)31)6-7-20(18)32-14(3)21(23,24)25/h6-10,12,14H,2,4,11H2,1,3,5H3. The number of alkyl halides is 6. The average molecular weight is 492 g/mol. The van der Waals surface area contributed by atoms with Crippen LogP contribution in [0.3, 0.4) is 0 Å². The van der Waals surface area contributed by atoms with Crippen LogP contribution in [0, 0.1) is 0 Å². The molecule has 0 bridgehead atoms. The first-order valence-corrected chi connectivity index (χ1v) is 11.8. The smallest absolute Gasteiger partial charge is 0.425 e. The summed E-state index contributed by atoms with van der Waals surface area (Å²) in [4.78, 5) is 5.81. The molecule has 11 heteroatoms. The van der Waals surface area contributed by atoms with Gasteiger partial charge in [-0.2, -0.15) is 26.3 Å². The molecule has 0 N–H and O–H groups in total. The largest absolute Gasteiger partial charge is 0.481 e. The molecule has 3 rings (SSSR count). The van der Waals surface area contributed by atoms with Crippen molar-refractivity contribution >= 4 is 21.1 Å². The van der Waals surface area contributed by atoms with Gasteiger partial charge in [-0.1, -0.05) is 6.58 Å². The highest BCUT2D eigenvalue weighted by Crippen LogP contribution is 2.42. The van der Waals surface area contributed by atoms with E-state index in [0.717, 1.165) is 19.2 Å². The molecule has 0 radical (unpaired) electrons. The number of aromatic nitrogens is 1. The van der Waals surface area contributed by atoms with Gasteiger partial charge in [0, 0.05) is 28.6 Å². The van der Waals surface area contributed by atoms with Gasteiger partial charge in [-0.3, -0.25) is 9.19 Å². The topological polar surface area (TPSA) is 42.4 Å². The lowest BCUT2D eigenvalue weighted by atomic mass is 10.1. The second kappa shape index (κ2) is 8.27. The monoisotopic (exact) mass is 492 g/mol. The predicted octanol–water partition coefficient (Wildman–Crippen LogP) is 5.68. The highest BCUT2D eigenvalue weighted by atomic mass is 32.2. The first-order valence-electron chi connectivity index (χ1n) is 9.71. The van der Waals surface area contributed by atoms with Crippen molar-refractivity contribution in [3.63, 3.8) is 0 Å². The fraction of sp³-hybridized carbons (Fsp3) is 0.364. The van der Waals surface area contributed by atoms with Crippen LogP contribution < -0.4 is 4.74 Å². The SMILES string of the molecule is C=C(c1cc(S(=C)(C)=O)ccc1OC(C)C(F)(F)F)N1Cc2ncc(C(F)(F)F)cc2C1C. The van der Waals surface area contributed by atoms with Crippen LogP contribution in [-0.4, -0.2) is 38.5 Å². The molecule has 1 aromatic carbocycles. The van der Waals surface area contributed by atoms with Crippen molar-refractivity contribution in [3.05, 3.63) is 59.4 Å². The molecular weight excluding hydrogens is 470 g/mol. The van der Waals surface area contributed by atoms with E-state index in [1.54, 1.807) is 11.8 Å². The molecule has 1 aromatic heterocycles. The molecule has 2 aromatic rings. The van der Waals surface area contributed by atoms with Crippen molar-refractivity contribution in [1.82, 2.24) is 9.88 Å². The van der Waals surface area contributed by atoms with Crippen LogP contribution in [0.15, 0.2) is 41.9 Å². The Hall–Kier alpha value is -2.69. The first kappa shape index (κ1) is 24.9. The summed E-state index contributed by atoms with van der Waals surface area (Å²) < 4.78 is 96.3. The van der Waals surface area contributed by atoms with Crippen LogP contribution in [-0.2, 0) is 22.2 Å². The average Bonchev–Trinajstić information content (AvgIpc) is 3.01. The zero-order valence-corrected chi connectivity index (χ0v) is 18.9. The Kier molecular flexibility index (Phi) is 6.25. The number of fused-ring (bicyclic) bond motifs is 1. The summed E-state index contributed by atoms with van der Waals surface area (Å²) in [5.74, 6) is 3.45. The van der Waals surface area contributed by atoms with Crippen LogP contribution in [0.25, 0.3) is 5.70 Å². The zero-order valence-electron chi connectivity index (χ0n) is 18.0. The summed E-state index contributed by atoms with van der Waals surface area (Å²) in [6.45, 7) is 6.56. The number of halogens is 6. The number of rotatable bonds is 5. The summed E-state index contributed by atoms with van der Waals surface area (Å²) in [5.41, 5.74) is 0.176. The maximum absolute atomic E-state index is 13.1. The van der Waals surface area contributed by atoms with Crippen LogP contribution >= 0.6 is 0 Å². The van der Waals surface area contributed by atoms with Gasteiger partial charge in [0.25, 0.3) is 0 Å². The Labute approximate surface area is 187 Å². The molecule has 1 aliphatic heterocycles. The molecular formula is C22H22F6N2O2S. The molecule has 0 saturated heterocycles. The molecule has 1 aliphatic rings. The molecule has 0 spiro atoms. The van der Waals surface area contributed by atoms with Gasteiger partial charge in [-0.15, -0.1) is 0 Å². The van der Waals surface area contributed by atoms with Crippen molar-refractivity contribution in [2.24, 2.45) is 0 Å². The van der Waals surface area contributed by atoms with E-state index >= 15 is 0 Å². The third-order valence-electron chi connectivity index (χ3n) is 5.44. The number of ether oxygens (including phenoxy) is 1. The number of nitrogens with zero attached hydrogens (tertiary/aromatic N) is 2. The van der Waals surface area contributed by atoms with Gasteiger partial charge >= 0.3 is 12.4 Å². The van der Waals surface area contributed by atoms with Crippen LogP contribution in [0.5, 0.6) is 5.75 Å². The Morgan fingerprint density at radius 2 is 1.88 bits per heavy atom. The van der Waals surface area contributed by atoms with E-state index in [2.05, 4.69) is 17.4 Å². The highest BCUT2D eigenvalue weighted by Gasteiger charge is 2.39. The molecule has 0 amide bonds. The van der Waals surface area contributed by atoms with Gasteiger partial charge in [-0.05, 0) is 59.1 Å². The highest BCUT2D eigenvalue weighted by molar-refractivity contribution is 7.99. The fourth-order valence-electron chi connectivity index (χ4n) is 3.47. The summed E-state index contributed by atoms with van der Waals surface area (Å²) in [7, 11) is -2.72. The summed E-state index contributed by atoms with van der Waals surface area (Å²) in [5, 5.41) is 0. The van der Waals surface area contributed by atoms with Crippen LogP contribution in [0.2, 0.25) is 0 Å². The van der Waals surface area contributed by atoms with Gasteiger partial charge in [0.1, 0.15) is 5.75 Å². The Morgan fingerprint density at radius 1 is 1.24 bits per heavy atom. The van der Waals surface area contributed by atoms with E-state index in [9.17, 15) is 30.6 Å². The first-order chi connectivity index (χ1) is 15.0. The predicted molar refractivity (Wildman–Crippen MR) is 114 cm³/mol. The van der Waals surface area contributed by atoms with Gasteiger partial charge < -0.3 is 9.64 Å². The van der Waals surface area contributed by atoms with Gasteiger partial charge in [0.05, 0.1) is 23.8 Å². The molecule has 4 nitrogen and oxygen atoms in total. The minimum Gasteiger partial charge on any atom is -0.481 e. The van der Waals surface area contributed by atoms with E-state index in [4.69, 9.17) is 4.74 Å². The minimum atomic E-state index is -4.63. The third kappa shape index (κ3) is 5.13. The van der Waals surface area contributed by atoms with Crippen molar-refractivity contribution in [2.75, 3.05) is 6.26 Å². The lowest BCUT2D eigenvalue weighted by Gasteiger charge is -2.29. The second-order valence-corrected chi connectivity index (χ2v) is 10.5. The quantitative estimate of drug-likeness (QED) is 0.398. The number of benzene rings is 1. The molecule has 0 fully saturated rings. The second-order valence-electron chi connectivity index (χ2n) is 7.97. The Morgan fingerprint density at radius 3 is 2.42 bits per heavy atom. The van der Waals surface area contributed by atoms with Gasteiger partial charge in [0.2, 0.25) is 0 Å².